The van der Waals surface area contributed by atoms with E-state index in [-0.39, 0.29) is 0 Å². The van der Waals surface area contributed by atoms with Crippen molar-refractivity contribution >= 4 is 0 Å². The molecule has 0 aliphatic heterocycles. The summed E-state index contributed by atoms with van der Waals surface area (Å²) in [5.41, 5.74) is 3.19. The Hall–Kier alpha value is -1.54. The molecule has 2 heteroatoms. The molecule has 1 atom stereocenters. The van der Waals surface area contributed by atoms with Crippen molar-refractivity contribution in [1.82, 2.24) is 0 Å². The molecule has 0 spiro atoms. The van der Waals surface area contributed by atoms with Crippen molar-refractivity contribution in [2.45, 2.75) is 38.2 Å². The van der Waals surface area contributed by atoms with E-state index in [0.29, 0.717) is 0 Å². The van der Waals surface area contributed by atoms with E-state index < -0.39 is 6.10 Å². The Balaban J connectivity index is 1.82. The van der Waals surface area contributed by atoms with Gasteiger partial charge in [-0.15, -0.1) is 0 Å². The molecule has 3 rings (SSSR count). The van der Waals surface area contributed by atoms with Gasteiger partial charge < -0.3 is 9.52 Å². The Labute approximate surface area is 107 Å². The lowest BCUT2D eigenvalue weighted by atomic mass is 9.80. The Morgan fingerprint density at radius 3 is 2.39 bits per heavy atom. The molecule has 0 radical (unpaired) electrons. The van der Waals surface area contributed by atoms with Crippen LogP contribution in [0.25, 0.3) is 0 Å². The van der Waals surface area contributed by atoms with Gasteiger partial charge in [-0.05, 0) is 42.9 Å². The van der Waals surface area contributed by atoms with Gasteiger partial charge in [0.25, 0.3) is 0 Å². The number of aryl methyl sites for hydroxylation is 1. The molecule has 2 aromatic rings. The standard InChI is InChI=1S/C16H18O2/c1-11-15(9-10-18-11)16(17)14-7-5-13(6-8-14)12-3-2-4-12/h5-10,12,16-17H,2-4H2,1H3. The number of aliphatic hydroxyl groups is 1. The van der Waals surface area contributed by atoms with E-state index in [4.69, 9.17) is 4.42 Å². The van der Waals surface area contributed by atoms with Gasteiger partial charge in [-0.1, -0.05) is 30.7 Å². The minimum atomic E-state index is -0.584. The van der Waals surface area contributed by atoms with E-state index in [0.717, 1.165) is 22.8 Å². The summed E-state index contributed by atoms with van der Waals surface area (Å²) < 4.78 is 5.24. The lowest BCUT2D eigenvalue weighted by Crippen LogP contribution is -2.09. The molecule has 1 aromatic heterocycles. The molecule has 0 saturated heterocycles. The highest BCUT2D eigenvalue weighted by Gasteiger charge is 2.20. The van der Waals surface area contributed by atoms with Crippen LogP contribution in [0.4, 0.5) is 0 Å². The van der Waals surface area contributed by atoms with Gasteiger partial charge in [-0.25, -0.2) is 0 Å². The molecule has 0 bridgehead atoms. The third kappa shape index (κ3) is 1.97. The molecule has 1 fully saturated rings. The van der Waals surface area contributed by atoms with Crippen LogP contribution >= 0.6 is 0 Å². The highest BCUT2D eigenvalue weighted by molar-refractivity contribution is 5.34. The first kappa shape index (κ1) is 11.5. The Bertz CT molecular complexity index is 520. The van der Waals surface area contributed by atoms with Crippen LogP contribution in [0.3, 0.4) is 0 Å². The van der Waals surface area contributed by atoms with E-state index in [1.54, 1.807) is 6.26 Å². The zero-order chi connectivity index (χ0) is 12.5. The van der Waals surface area contributed by atoms with E-state index in [2.05, 4.69) is 12.1 Å². The van der Waals surface area contributed by atoms with Gasteiger partial charge in [-0.2, -0.15) is 0 Å². The quantitative estimate of drug-likeness (QED) is 0.884. The van der Waals surface area contributed by atoms with Gasteiger partial charge in [-0.3, -0.25) is 0 Å². The van der Waals surface area contributed by atoms with Crippen LogP contribution in [0, 0.1) is 6.92 Å². The van der Waals surface area contributed by atoms with Crippen LogP contribution in [-0.2, 0) is 0 Å². The number of hydrogen-bond acceptors (Lipinski definition) is 2. The largest absolute Gasteiger partial charge is 0.469 e. The molecule has 1 unspecified atom stereocenters. The second-order valence-electron chi connectivity index (χ2n) is 5.13. The molecule has 1 aromatic carbocycles. The second kappa shape index (κ2) is 4.62. The first-order chi connectivity index (χ1) is 8.75. The Morgan fingerprint density at radius 1 is 1.17 bits per heavy atom. The summed E-state index contributed by atoms with van der Waals surface area (Å²) in [5.74, 6) is 1.53. The van der Waals surface area contributed by atoms with Gasteiger partial charge in [0.2, 0.25) is 0 Å². The fraction of sp³-hybridized carbons (Fsp3) is 0.375. The molecule has 1 aliphatic carbocycles. The maximum absolute atomic E-state index is 10.3. The van der Waals surface area contributed by atoms with E-state index in [1.807, 2.05) is 25.1 Å². The summed E-state index contributed by atoms with van der Waals surface area (Å²) >= 11 is 0. The number of furan rings is 1. The monoisotopic (exact) mass is 242 g/mol. The summed E-state index contributed by atoms with van der Waals surface area (Å²) in [6.45, 7) is 1.88. The molecule has 1 N–H and O–H groups in total. The average Bonchev–Trinajstić information content (AvgIpc) is 2.73. The fourth-order valence-electron chi connectivity index (χ4n) is 2.55. The molecule has 0 amide bonds. The topological polar surface area (TPSA) is 33.4 Å². The summed E-state index contributed by atoms with van der Waals surface area (Å²) in [6, 6.07) is 10.2. The zero-order valence-electron chi connectivity index (χ0n) is 10.6. The van der Waals surface area contributed by atoms with E-state index >= 15 is 0 Å². The van der Waals surface area contributed by atoms with Crippen LogP contribution in [-0.4, -0.2) is 5.11 Å². The van der Waals surface area contributed by atoms with Crippen molar-refractivity contribution in [2.24, 2.45) is 0 Å². The maximum Gasteiger partial charge on any atom is 0.107 e. The van der Waals surface area contributed by atoms with Crippen LogP contribution in [0.15, 0.2) is 41.0 Å². The predicted octanol–water partition coefficient (Wildman–Crippen LogP) is 3.94. The Morgan fingerprint density at radius 2 is 1.89 bits per heavy atom. The highest BCUT2D eigenvalue weighted by atomic mass is 16.3. The number of benzene rings is 1. The van der Waals surface area contributed by atoms with Gasteiger partial charge in [0.05, 0.1) is 6.26 Å². The zero-order valence-corrected chi connectivity index (χ0v) is 10.6. The molecule has 1 aliphatic rings. The predicted molar refractivity (Wildman–Crippen MR) is 70.5 cm³/mol. The Kier molecular flexibility index (Phi) is 2.96. The number of hydrogen-bond donors (Lipinski definition) is 1. The first-order valence-corrected chi connectivity index (χ1v) is 6.57. The normalized spacial score (nSPS) is 17.4. The third-order valence-corrected chi connectivity index (χ3v) is 4.02. The van der Waals surface area contributed by atoms with Crippen molar-refractivity contribution in [3.8, 4) is 0 Å². The SMILES string of the molecule is Cc1occc1C(O)c1ccc(C2CCC2)cc1. The first-order valence-electron chi connectivity index (χ1n) is 6.57. The molecular weight excluding hydrogens is 224 g/mol. The number of aliphatic hydroxyl groups excluding tert-OH is 1. The molecule has 2 nitrogen and oxygen atoms in total. The molecule has 94 valence electrons. The van der Waals surface area contributed by atoms with Crippen molar-refractivity contribution in [3.05, 3.63) is 59.0 Å². The highest BCUT2D eigenvalue weighted by Crippen LogP contribution is 2.37. The molecular formula is C16H18O2. The smallest absolute Gasteiger partial charge is 0.107 e. The van der Waals surface area contributed by atoms with Gasteiger partial charge in [0, 0.05) is 5.56 Å². The van der Waals surface area contributed by atoms with Crippen LogP contribution in [0.5, 0.6) is 0 Å². The lowest BCUT2D eigenvalue weighted by molar-refractivity contribution is 0.218. The number of rotatable bonds is 3. The molecule has 1 saturated carbocycles. The van der Waals surface area contributed by atoms with Crippen molar-refractivity contribution in [3.63, 3.8) is 0 Å². The fourth-order valence-corrected chi connectivity index (χ4v) is 2.55. The average molecular weight is 242 g/mol. The van der Waals surface area contributed by atoms with Crippen molar-refractivity contribution in [2.75, 3.05) is 0 Å². The maximum atomic E-state index is 10.3. The van der Waals surface area contributed by atoms with Crippen LogP contribution in [0.2, 0.25) is 0 Å². The van der Waals surface area contributed by atoms with E-state index in [1.165, 1.54) is 24.8 Å². The van der Waals surface area contributed by atoms with Crippen LogP contribution < -0.4 is 0 Å². The third-order valence-electron chi connectivity index (χ3n) is 4.02. The molecule has 18 heavy (non-hydrogen) atoms. The second-order valence-corrected chi connectivity index (χ2v) is 5.13. The summed E-state index contributed by atoms with van der Waals surface area (Å²) in [4.78, 5) is 0. The minimum Gasteiger partial charge on any atom is -0.469 e. The lowest BCUT2D eigenvalue weighted by Gasteiger charge is -2.26. The summed E-state index contributed by atoms with van der Waals surface area (Å²) in [5, 5.41) is 10.3. The minimum absolute atomic E-state index is 0.584. The summed E-state index contributed by atoms with van der Waals surface area (Å²) in [7, 11) is 0. The molecule has 1 heterocycles. The van der Waals surface area contributed by atoms with E-state index in [9.17, 15) is 5.11 Å². The van der Waals surface area contributed by atoms with Gasteiger partial charge in [0.15, 0.2) is 0 Å². The van der Waals surface area contributed by atoms with Crippen molar-refractivity contribution < 1.29 is 9.52 Å². The van der Waals surface area contributed by atoms with Gasteiger partial charge >= 0.3 is 0 Å². The van der Waals surface area contributed by atoms with Gasteiger partial charge in [0.1, 0.15) is 11.9 Å². The summed E-state index contributed by atoms with van der Waals surface area (Å²) in [6.07, 6.45) is 5.00. The van der Waals surface area contributed by atoms with Crippen molar-refractivity contribution in [1.29, 1.82) is 0 Å². The van der Waals surface area contributed by atoms with Crippen LogP contribution in [0.1, 0.15) is 53.7 Å².